The number of nitriles is 1. The maximum atomic E-state index is 13.1. The molecule has 3 aliphatic rings. The Morgan fingerprint density at radius 2 is 1.80 bits per heavy atom. The van der Waals surface area contributed by atoms with Crippen molar-refractivity contribution in [2.24, 2.45) is 5.92 Å². The van der Waals surface area contributed by atoms with Gasteiger partial charge >= 0.3 is 0 Å². The fourth-order valence-electron chi connectivity index (χ4n) is 6.08. The van der Waals surface area contributed by atoms with Crippen LogP contribution in [-0.4, -0.2) is 85.9 Å². The number of rotatable bonds is 7. The van der Waals surface area contributed by atoms with Crippen LogP contribution in [0.15, 0.2) is 53.4 Å². The Kier molecular flexibility index (Phi) is 8.27. The van der Waals surface area contributed by atoms with Gasteiger partial charge in [0.15, 0.2) is 0 Å². The minimum atomic E-state index is -3.56. The Labute approximate surface area is 245 Å². The molecule has 3 atom stereocenters. The minimum Gasteiger partial charge on any atom is -0.368 e. The van der Waals surface area contributed by atoms with E-state index in [2.05, 4.69) is 27.1 Å². The van der Waals surface area contributed by atoms with Crippen LogP contribution in [0.1, 0.15) is 36.0 Å². The van der Waals surface area contributed by atoms with E-state index in [1.165, 1.54) is 26.2 Å². The Morgan fingerprint density at radius 3 is 2.41 bits per heavy atom. The number of hydrazine groups is 1. The summed E-state index contributed by atoms with van der Waals surface area (Å²) < 4.78 is 26.1. The van der Waals surface area contributed by atoms with Gasteiger partial charge in [0.1, 0.15) is 6.17 Å². The number of sulfonamides is 1. The number of nitrogens with one attached hydrogen (secondary N) is 3. The highest BCUT2D eigenvalue weighted by Gasteiger charge is 2.55. The Bertz CT molecular complexity index is 1440. The topological polar surface area (TPSA) is 138 Å². The highest BCUT2D eigenvalue weighted by Crippen LogP contribution is 2.40. The molecule has 0 bridgehead atoms. The van der Waals surface area contributed by atoms with Crippen LogP contribution in [0.5, 0.6) is 0 Å². The summed E-state index contributed by atoms with van der Waals surface area (Å²) in [5, 5.41) is 18.9. The van der Waals surface area contributed by atoms with Gasteiger partial charge < -0.3 is 15.5 Å². The fourth-order valence-corrected chi connectivity index (χ4v) is 7.11. The van der Waals surface area contributed by atoms with Crippen molar-refractivity contribution in [3.63, 3.8) is 0 Å². The summed E-state index contributed by atoms with van der Waals surface area (Å²) in [7, 11) is -0.600. The lowest BCUT2D eigenvalue weighted by molar-refractivity contribution is -0.128. The number of halogens is 1. The first-order valence-corrected chi connectivity index (χ1v) is 15.4. The van der Waals surface area contributed by atoms with Crippen LogP contribution >= 0.6 is 11.6 Å². The molecule has 0 radical (unpaired) electrons. The smallest absolute Gasteiger partial charge is 0.253 e. The van der Waals surface area contributed by atoms with Crippen molar-refractivity contribution in [2.45, 2.75) is 48.3 Å². The van der Waals surface area contributed by atoms with Gasteiger partial charge in [-0.2, -0.15) is 5.26 Å². The van der Waals surface area contributed by atoms with Crippen LogP contribution in [0, 0.1) is 17.2 Å². The van der Waals surface area contributed by atoms with Crippen molar-refractivity contribution in [3.8, 4) is 6.07 Å². The first-order valence-electron chi connectivity index (χ1n) is 13.6. The molecule has 218 valence electrons. The maximum Gasteiger partial charge on any atom is 0.253 e. The molecule has 3 saturated heterocycles. The number of piperidine rings is 2. The van der Waals surface area contributed by atoms with Gasteiger partial charge in [-0.3, -0.25) is 9.59 Å². The third kappa shape index (κ3) is 5.65. The molecule has 2 aromatic carbocycles. The third-order valence-corrected chi connectivity index (χ3v) is 10.5. The summed E-state index contributed by atoms with van der Waals surface area (Å²) >= 11 is 5.98. The summed E-state index contributed by atoms with van der Waals surface area (Å²) in [6.07, 6.45) is 1.63. The highest BCUT2D eigenvalue weighted by molar-refractivity contribution is 7.89. The maximum absolute atomic E-state index is 13.1. The van der Waals surface area contributed by atoms with Crippen molar-refractivity contribution in [1.82, 2.24) is 25.0 Å². The zero-order valence-electron chi connectivity index (χ0n) is 23.0. The van der Waals surface area contributed by atoms with Gasteiger partial charge in [-0.25, -0.2) is 23.2 Å². The molecule has 2 amide bonds. The molecule has 0 aromatic heterocycles. The number of amides is 2. The molecule has 41 heavy (non-hydrogen) atoms. The van der Waals surface area contributed by atoms with Crippen LogP contribution in [0.25, 0.3) is 0 Å². The summed E-state index contributed by atoms with van der Waals surface area (Å²) in [5.74, 6) is -0.586. The lowest BCUT2D eigenvalue weighted by Crippen LogP contribution is -2.62. The molecular weight excluding hydrogens is 566 g/mol. The molecule has 0 aliphatic carbocycles. The van der Waals surface area contributed by atoms with Crippen molar-refractivity contribution >= 4 is 39.1 Å². The molecular formula is C28H34ClN7O4S. The largest absolute Gasteiger partial charge is 0.368 e. The lowest BCUT2D eigenvalue weighted by Gasteiger charge is -2.49. The molecule has 3 aliphatic heterocycles. The molecule has 5 rings (SSSR count). The average Bonchev–Trinajstić information content (AvgIpc) is 3.34. The van der Waals surface area contributed by atoms with Crippen LogP contribution in [0.4, 0.5) is 5.69 Å². The number of carbonyl (C=O) groups excluding carboxylic acids is 2. The second-order valence-corrected chi connectivity index (χ2v) is 13.6. The molecule has 2 aromatic rings. The fraction of sp³-hybridized carbons (Fsp3) is 0.464. The van der Waals surface area contributed by atoms with Crippen LogP contribution in [0.2, 0.25) is 5.02 Å². The normalized spacial score (nSPS) is 24.4. The van der Waals surface area contributed by atoms with E-state index in [0.717, 1.165) is 4.31 Å². The molecule has 13 heteroatoms. The van der Waals surface area contributed by atoms with Gasteiger partial charge in [-0.15, -0.1) is 0 Å². The van der Waals surface area contributed by atoms with Crippen LogP contribution in [-0.2, 0) is 14.8 Å². The van der Waals surface area contributed by atoms with Gasteiger partial charge in [0, 0.05) is 56.0 Å². The summed E-state index contributed by atoms with van der Waals surface area (Å²) in [6, 6.07) is 15.5. The first-order chi connectivity index (χ1) is 19.6. The Balaban J connectivity index is 1.35. The second-order valence-electron chi connectivity index (χ2n) is 11.0. The van der Waals surface area contributed by atoms with Crippen molar-refractivity contribution in [3.05, 3.63) is 59.1 Å². The van der Waals surface area contributed by atoms with Crippen LogP contribution < -0.4 is 16.1 Å². The number of benzene rings is 2. The summed E-state index contributed by atoms with van der Waals surface area (Å²) in [5.41, 5.74) is 4.19. The molecule has 3 N–H and O–H groups in total. The second kappa shape index (κ2) is 11.6. The number of hydrogen-bond donors (Lipinski definition) is 3. The van der Waals surface area contributed by atoms with E-state index < -0.39 is 27.6 Å². The molecule has 11 nitrogen and oxygen atoms in total. The van der Waals surface area contributed by atoms with Crippen molar-refractivity contribution < 1.29 is 18.0 Å². The standard InChI is InChI=1S/C28H34ClN7O4S/c1-34(2)41(39,40)22-9-7-21(8-10-22)32-25-24-23(11-16-31-26(24)37)36(33-25)28(12-15-30)13-17-35(18-14-28)27(38)19-3-5-20(29)6-4-19/h3-10,23-25,32-33H,11-14,16-18H2,1-2H3,(H,31,37). The molecule has 3 heterocycles. The highest BCUT2D eigenvalue weighted by atomic mass is 35.5. The van der Waals surface area contributed by atoms with Crippen molar-refractivity contribution in [1.29, 1.82) is 5.26 Å². The number of carbonyl (C=O) groups is 2. The molecule has 3 fully saturated rings. The minimum absolute atomic E-state index is 0.0733. The SMILES string of the molecule is CN(C)S(=O)(=O)c1ccc(NC2NN(C3(CC#N)CCN(C(=O)c4ccc(Cl)cc4)CC3)C3CCNC(=O)C23)cc1. The number of likely N-dealkylation sites (tertiary alicyclic amines) is 1. The zero-order valence-corrected chi connectivity index (χ0v) is 24.6. The van der Waals surface area contributed by atoms with Gasteiger partial charge in [0.25, 0.3) is 5.91 Å². The van der Waals surface area contributed by atoms with Gasteiger partial charge in [-0.05, 0) is 67.8 Å². The third-order valence-electron chi connectivity index (χ3n) is 8.37. The number of hydrogen-bond acceptors (Lipinski definition) is 8. The molecule has 0 saturated carbocycles. The summed E-state index contributed by atoms with van der Waals surface area (Å²) in [4.78, 5) is 28.2. The zero-order chi connectivity index (χ0) is 29.4. The lowest BCUT2D eigenvalue weighted by atomic mass is 9.81. The van der Waals surface area contributed by atoms with E-state index in [1.807, 2.05) is 0 Å². The molecule has 0 spiro atoms. The monoisotopic (exact) mass is 599 g/mol. The first kappa shape index (κ1) is 29.3. The number of nitrogens with zero attached hydrogens (tertiary/aromatic N) is 4. The van der Waals surface area contributed by atoms with E-state index in [1.54, 1.807) is 41.3 Å². The molecule has 3 unspecified atom stereocenters. The predicted octanol–water partition coefficient (Wildman–Crippen LogP) is 2.24. The van der Waals surface area contributed by atoms with Crippen molar-refractivity contribution in [2.75, 3.05) is 39.0 Å². The summed E-state index contributed by atoms with van der Waals surface area (Å²) in [6.45, 7) is 1.49. The number of fused-ring (bicyclic) bond motifs is 1. The van der Waals surface area contributed by atoms with E-state index >= 15 is 0 Å². The van der Waals surface area contributed by atoms with E-state index in [9.17, 15) is 23.3 Å². The number of anilines is 1. The van der Waals surface area contributed by atoms with Gasteiger partial charge in [-0.1, -0.05) is 11.6 Å². The van der Waals surface area contributed by atoms with E-state index in [-0.39, 0.29) is 29.2 Å². The van der Waals surface area contributed by atoms with Gasteiger partial charge in [0.05, 0.1) is 28.8 Å². The van der Waals surface area contributed by atoms with E-state index in [0.29, 0.717) is 55.2 Å². The average molecular weight is 600 g/mol. The van der Waals surface area contributed by atoms with Crippen LogP contribution in [0.3, 0.4) is 0 Å². The predicted molar refractivity (Wildman–Crippen MR) is 154 cm³/mol. The van der Waals surface area contributed by atoms with E-state index in [4.69, 9.17) is 11.6 Å². The quantitative estimate of drug-likeness (QED) is 0.441. The Morgan fingerprint density at radius 1 is 1.15 bits per heavy atom. The van der Waals surface area contributed by atoms with Gasteiger partial charge in [0.2, 0.25) is 15.9 Å². The Hall–Kier alpha value is -3.21.